The molecule has 0 N–H and O–H groups in total. The number of rotatable bonds is 6. The zero-order valence-corrected chi connectivity index (χ0v) is 24.2. The van der Waals surface area contributed by atoms with Gasteiger partial charge in [-0.1, -0.05) is 46.8 Å². The second-order valence-electron chi connectivity index (χ2n) is 8.89. The fourth-order valence-corrected chi connectivity index (χ4v) is 7.05. The summed E-state index contributed by atoms with van der Waals surface area (Å²) < 4.78 is 12.7. The van der Waals surface area contributed by atoms with E-state index in [4.69, 9.17) is 38.5 Å². The van der Waals surface area contributed by atoms with E-state index in [9.17, 15) is 4.79 Å². The lowest BCUT2D eigenvalue weighted by Crippen LogP contribution is -2.15. The minimum atomic E-state index is -0.188. The molecule has 40 heavy (non-hydrogen) atoms. The number of thiazole rings is 1. The SMILES string of the molecule is CCOc1ccc(-n2c(=S)sc3c2nc(SCc2cc(=O)n4cc(Cl)ccc4n2)n2c4ccccc4nc32)cc1. The molecule has 0 unspecified atom stereocenters. The van der Waals surface area contributed by atoms with E-state index in [1.54, 1.807) is 18.3 Å². The van der Waals surface area contributed by atoms with Gasteiger partial charge in [-0.2, -0.15) is 0 Å². The van der Waals surface area contributed by atoms with Crippen molar-refractivity contribution in [2.24, 2.45) is 0 Å². The molecule has 0 aliphatic rings. The lowest BCUT2D eigenvalue weighted by molar-refractivity contribution is 0.340. The molecule has 5 heterocycles. The number of pyridine rings is 1. The van der Waals surface area contributed by atoms with Crippen molar-refractivity contribution in [2.45, 2.75) is 17.8 Å². The van der Waals surface area contributed by atoms with Crippen LogP contribution < -0.4 is 10.3 Å². The first kappa shape index (κ1) is 25.2. The first-order valence-corrected chi connectivity index (χ1v) is 15.0. The van der Waals surface area contributed by atoms with Crippen LogP contribution in [0.3, 0.4) is 0 Å². The van der Waals surface area contributed by atoms with Crippen molar-refractivity contribution in [3.63, 3.8) is 0 Å². The van der Waals surface area contributed by atoms with E-state index in [-0.39, 0.29) is 5.56 Å². The van der Waals surface area contributed by atoms with Gasteiger partial charge in [0.1, 0.15) is 16.1 Å². The Labute approximate surface area is 245 Å². The topological polar surface area (TPSA) is 78.7 Å². The van der Waals surface area contributed by atoms with E-state index in [1.165, 1.54) is 33.6 Å². The molecular formula is C28H19ClN6O2S3. The van der Waals surface area contributed by atoms with Gasteiger partial charge < -0.3 is 4.74 Å². The van der Waals surface area contributed by atoms with Gasteiger partial charge in [0, 0.05) is 23.7 Å². The Morgan fingerprint density at radius 3 is 2.67 bits per heavy atom. The minimum Gasteiger partial charge on any atom is -0.494 e. The van der Waals surface area contributed by atoms with Gasteiger partial charge in [-0.3, -0.25) is 18.2 Å². The van der Waals surface area contributed by atoms with Crippen LogP contribution in [0.4, 0.5) is 0 Å². The molecule has 5 aromatic heterocycles. The van der Waals surface area contributed by atoms with E-state index in [2.05, 4.69) is 9.38 Å². The Morgan fingerprint density at radius 1 is 1.02 bits per heavy atom. The number of thioether (sulfide) groups is 1. The number of benzene rings is 2. The van der Waals surface area contributed by atoms with E-state index in [0.717, 1.165) is 43.6 Å². The quantitative estimate of drug-likeness (QED) is 0.116. The number of halogens is 1. The lowest BCUT2D eigenvalue weighted by Gasteiger charge is -2.10. The Hall–Kier alpha value is -3.77. The third-order valence-electron chi connectivity index (χ3n) is 6.38. The smallest absolute Gasteiger partial charge is 0.258 e. The third kappa shape index (κ3) is 4.26. The monoisotopic (exact) mass is 602 g/mol. The second-order valence-corrected chi connectivity index (χ2v) is 11.9. The predicted octanol–water partition coefficient (Wildman–Crippen LogP) is 6.97. The number of imidazole rings is 1. The van der Waals surface area contributed by atoms with Gasteiger partial charge in [0.15, 0.2) is 20.4 Å². The van der Waals surface area contributed by atoms with Gasteiger partial charge in [-0.25, -0.2) is 15.0 Å². The normalized spacial score (nSPS) is 11.8. The molecule has 0 saturated carbocycles. The van der Waals surface area contributed by atoms with Crippen molar-refractivity contribution in [1.82, 2.24) is 28.3 Å². The first-order valence-electron chi connectivity index (χ1n) is 12.4. The number of para-hydroxylation sites is 2. The molecule has 0 saturated heterocycles. The summed E-state index contributed by atoms with van der Waals surface area (Å²) in [6.45, 7) is 2.55. The lowest BCUT2D eigenvalue weighted by atomic mass is 10.3. The van der Waals surface area contributed by atoms with Crippen molar-refractivity contribution in [3.05, 3.63) is 98.0 Å². The molecule has 0 fully saturated rings. The van der Waals surface area contributed by atoms with Gasteiger partial charge >= 0.3 is 0 Å². The van der Waals surface area contributed by atoms with Crippen LogP contribution in [0.25, 0.3) is 38.4 Å². The van der Waals surface area contributed by atoms with Crippen LogP contribution in [0.1, 0.15) is 12.6 Å². The number of hydrogen-bond donors (Lipinski definition) is 0. The zero-order valence-electron chi connectivity index (χ0n) is 20.9. The molecule has 0 amide bonds. The molecule has 0 bridgehead atoms. The maximum Gasteiger partial charge on any atom is 0.258 e. The fourth-order valence-electron chi connectivity index (χ4n) is 4.65. The summed E-state index contributed by atoms with van der Waals surface area (Å²) in [5.74, 6) is 1.23. The third-order valence-corrected chi connectivity index (χ3v) is 8.93. The van der Waals surface area contributed by atoms with Crippen molar-refractivity contribution in [3.8, 4) is 11.4 Å². The molecule has 7 rings (SSSR count). The molecule has 198 valence electrons. The zero-order chi connectivity index (χ0) is 27.4. The van der Waals surface area contributed by atoms with Crippen LogP contribution in [0.2, 0.25) is 5.02 Å². The van der Waals surface area contributed by atoms with E-state index >= 15 is 0 Å². The average Bonchev–Trinajstić information content (AvgIpc) is 3.50. The highest BCUT2D eigenvalue weighted by atomic mass is 35.5. The van der Waals surface area contributed by atoms with E-state index < -0.39 is 0 Å². The number of ether oxygens (including phenoxy) is 1. The molecule has 0 aliphatic heterocycles. The van der Waals surface area contributed by atoms with Crippen LogP contribution in [-0.4, -0.2) is 34.9 Å². The number of nitrogens with zero attached hydrogens (tertiary/aromatic N) is 6. The molecule has 0 radical (unpaired) electrons. The number of hydrogen-bond acceptors (Lipinski definition) is 8. The highest BCUT2D eigenvalue weighted by Gasteiger charge is 2.20. The Morgan fingerprint density at radius 2 is 1.85 bits per heavy atom. The molecule has 0 spiro atoms. The first-order chi connectivity index (χ1) is 19.5. The van der Waals surface area contributed by atoms with Crippen LogP contribution in [0.15, 0.2) is 82.9 Å². The van der Waals surface area contributed by atoms with Crippen LogP contribution in [0.5, 0.6) is 5.75 Å². The van der Waals surface area contributed by atoms with Crippen molar-refractivity contribution >= 4 is 79.6 Å². The molecule has 2 aromatic carbocycles. The average molecular weight is 603 g/mol. The number of aromatic nitrogens is 6. The van der Waals surface area contributed by atoms with Gasteiger partial charge in [-0.15, -0.1) is 0 Å². The molecule has 0 aliphatic carbocycles. The fraction of sp³-hybridized carbons (Fsp3) is 0.107. The maximum absolute atomic E-state index is 12.8. The summed E-state index contributed by atoms with van der Waals surface area (Å²) in [5.41, 5.74) is 5.22. The van der Waals surface area contributed by atoms with Crippen molar-refractivity contribution in [2.75, 3.05) is 6.61 Å². The van der Waals surface area contributed by atoms with Crippen LogP contribution in [-0.2, 0) is 5.75 Å². The van der Waals surface area contributed by atoms with Gasteiger partial charge in [0.05, 0.1) is 28.4 Å². The van der Waals surface area contributed by atoms with Gasteiger partial charge in [0.25, 0.3) is 5.56 Å². The summed E-state index contributed by atoms with van der Waals surface area (Å²) in [6, 6.07) is 20.8. The molecule has 7 aromatic rings. The predicted molar refractivity (Wildman–Crippen MR) is 163 cm³/mol. The molecule has 8 nitrogen and oxygen atoms in total. The summed E-state index contributed by atoms with van der Waals surface area (Å²) in [7, 11) is 0. The Bertz CT molecular complexity index is 2200. The van der Waals surface area contributed by atoms with Crippen molar-refractivity contribution < 1.29 is 4.74 Å². The largest absolute Gasteiger partial charge is 0.494 e. The molecular weight excluding hydrogens is 584 g/mol. The Kier molecular flexibility index (Phi) is 6.31. The van der Waals surface area contributed by atoms with Crippen LogP contribution >= 0.6 is 46.9 Å². The molecule has 0 atom stereocenters. The van der Waals surface area contributed by atoms with E-state index in [1.807, 2.05) is 60.0 Å². The van der Waals surface area contributed by atoms with Gasteiger partial charge in [0.2, 0.25) is 0 Å². The minimum absolute atomic E-state index is 0.188. The van der Waals surface area contributed by atoms with E-state index in [0.29, 0.717) is 32.7 Å². The van der Waals surface area contributed by atoms with Gasteiger partial charge in [-0.05, 0) is 67.7 Å². The highest BCUT2D eigenvalue weighted by Crippen LogP contribution is 2.35. The van der Waals surface area contributed by atoms with Crippen molar-refractivity contribution in [1.29, 1.82) is 0 Å². The summed E-state index contributed by atoms with van der Waals surface area (Å²) in [5, 5.41) is 1.20. The summed E-state index contributed by atoms with van der Waals surface area (Å²) >= 11 is 14.9. The summed E-state index contributed by atoms with van der Waals surface area (Å²) in [6.07, 6.45) is 1.57. The molecule has 12 heteroatoms. The standard InChI is InChI=1S/C28H19ClN6O2S3/c1-2-37-19-10-8-18(9-11-19)34-26-24(40-28(34)38)25-31-20-5-3-4-6-21(20)35(25)27(32-26)39-15-17-13-23(36)33-14-16(29)7-12-22(33)30-17/h3-14H,2,15H2,1H3. The number of fused-ring (bicyclic) bond motifs is 6. The second kappa shape index (κ2) is 10.0. The summed E-state index contributed by atoms with van der Waals surface area (Å²) in [4.78, 5) is 27.5. The highest BCUT2D eigenvalue weighted by molar-refractivity contribution is 7.98. The Balaban J connectivity index is 1.39. The maximum atomic E-state index is 12.8. The van der Waals surface area contributed by atoms with Crippen LogP contribution in [0, 0.1) is 3.95 Å².